The second-order valence-electron chi connectivity index (χ2n) is 8.29. The molecule has 0 radical (unpaired) electrons. The number of nitrogens with one attached hydrogen (secondary N) is 2. The van der Waals surface area contributed by atoms with Gasteiger partial charge < -0.3 is 26.4 Å². The molecule has 0 fully saturated rings. The van der Waals surface area contributed by atoms with Crippen LogP contribution in [-0.4, -0.2) is 46.1 Å². The van der Waals surface area contributed by atoms with Crippen LogP contribution < -0.4 is 21.3 Å². The fourth-order valence-electron chi connectivity index (χ4n) is 3.77. The van der Waals surface area contributed by atoms with Gasteiger partial charge in [0.25, 0.3) is 5.91 Å². The van der Waals surface area contributed by atoms with E-state index in [9.17, 15) is 9.90 Å². The smallest absolute Gasteiger partial charge is 0.278 e. The molecule has 36 heavy (non-hydrogen) atoms. The summed E-state index contributed by atoms with van der Waals surface area (Å²) in [6.45, 7) is 2.46. The van der Waals surface area contributed by atoms with Crippen LogP contribution >= 0.6 is 0 Å². The van der Waals surface area contributed by atoms with Gasteiger partial charge in [0, 0.05) is 31.9 Å². The summed E-state index contributed by atoms with van der Waals surface area (Å²) in [7, 11) is 1.97. The first kappa shape index (κ1) is 24.6. The van der Waals surface area contributed by atoms with Crippen molar-refractivity contribution in [2.24, 2.45) is 0 Å². The van der Waals surface area contributed by atoms with E-state index < -0.39 is 5.91 Å². The number of anilines is 3. The molecule has 0 saturated carbocycles. The number of benzene rings is 2. The van der Waals surface area contributed by atoms with Gasteiger partial charge in [-0.1, -0.05) is 42.5 Å². The molecule has 0 aliphatic carbocycles. The van der Waals surface area contributed by atoms with Crippen LogP contribution in [0.1, 0.15) is 22.5 Å². The first-order chi connectivity index (χ1) is 17.5. The molecular formula is C27H29N7O2. The maximum Gasteiger partial charge on any atom is 0.278 e. The van der Waals surface area contributed by atoms with E-state index in [1.54, 1.807) is 36.7 Å². The minimum absolute atomic E-state index is 0.00467. The van der Waals surface area contributed by atoms with E-state index in [1.807, 2.05) is 31.3 Å². The number of hydrogen-bond acceptors (Lipinski definition) is 8. The van der Waals surface area contributed by atoms with Crippen LogP contribution in [-0.2, 0) is 6.54 Å². The first-order valence-corrected chi connectivity index (χ1v) is 11.6. The summed E-state index contributed by atoms with van der Waals surface area (Å²) < 4.78 is 0. The lowest BCUT2D eigenvalue weighted by atomic mass is 10.1. The number of phenolic OH excluding ortho intramolecular Hbond substituents is 1. The molecule has 0 aliphatic rings. The molecule has 4 aromatic rings. The SMILES string of the molecule is CN(CCCNCc1ccccc1)c1ccncc1NC(=O)c1nc(-c2ccccc2O)cnc1N. The Morgan fingerprint density at radius 2 is 1.83 bits per heavy atom. The second-order valence-corrected chi connectivity index (χ2v) is 8.29. The Morgan fingerprint density at radius 1 is 1.06 bits per heavy atom. The normalized spacial score (nSPS) is 10.7. The molecular weight excluding hydrogens is 454 g/mol. The minimum Gasteiger partial charge on any atom is -0.507 e. The largest absolute Gasteiger partial charge is 0.507 e. The summed E-state index contributed by atoms with van der Waals surface area (Å²) in [5.74, 6) is -0.475. The van der Waals surface area contributed by atoms with Crippen molar-refractivity contribution in [3.63, 3.8) is 0 Å². The Morgan fingerprint density at radius 3 is 2.64 bits per heavy atom. The summed E-state index contributed by atoms with van der Waals surface area (Å²) in [5.41, 5.74) is 9.35. The molecule has 0 atom stereocenters. The second kappa shape index (κ2) is 11.8. The fourth-order valence-corrected chi connectivity index (χ4v) is 3.77. The van der Waals surface area contributed by atoms with Gasteiger partial charge in [-0.2, -0.15) is 0 Å². The van der Waals surface area contributed by atoms with Gasteiger partial charge in [0.05, 0.1) is 29.5 Å². The summed E-state index contributed by atoms with van der Waals surface area (Å²) in [4.78, 5) is 27.8. The number of nitrogens with two attached hydrogens (primary N) is 1. The molecule has 1 amide bonds. The predicted molar refractivity (Wildman–Crippen MR) is 142 cm³/mol. The lowest BCUT2D eigenvalue weighted by Crippen LogP contribution is -2.25. The van der Waals surface area contributed by atoms with Crippen LogP contribution in [0.5, 0.6) is 5.75 Å². The third-order valence-corrected chi connectivity index (χ3v) is 5.67. The quantitative estimate of drug-likeness (QED) is 0.251. The zero-order valence-corrected chi connectivity index (χ0v) is 20.1. The van der Waals surface area contributed by atoms with Crippen molar-refractivity contribution in [3.8, 4) is 17.0 Å². The van der Waals surface area contributed by atoms with Crippen LogP contribution in [0.4, 0.5) is 17.2 Å². The first-order valence-electron chi connectivity index (χ1n) is 11.6. The van der Waals surface area contributed by atoms with E-state index in [4.69, 9.17) is 5.73 Å². The van der Waals surface area contributed by atoms with E-state index in [1.165, 1.54) is 11.8 Å². The van der Waals surface area contributed by atoms with Crippen molar-refractivity contribution < 1.29 is 9.90 Å². The number of amides is 1. The Labute approximate surface area is 210 Å². The molecule has 4 rings (SSSR count). The van der Waals surface area contributed by atoms with Crippen molar-refractivity contribution in [1.29, 1.82) is 0 Å². The van der Waals surface area contributed by atoms with E-state index in [0.717, 1.165) is 31.7 Å². The summed E-state index contributed by atoms with van der Waals surface area (Å²) >= 11 is 0. The highest BCUT2D eigenvalue weighted by atomic mass is 16.3. The number of nitrogens with zero attached hydrogens (tertiary/aromatic N) is 4. The van der Waals surface area contributed by atoms with E-state index >= 15 is 0 Å². The van der Waals surface area contributed by atoms with Crippen LogP contribution in [0.15, 0.2) is 79.3 Å². The van der Waals surface area contributed by atoms with Crippen molar-refractivity contribution in [2.75, 3.05) is 36.1 Å². The van der Waals surface area contributed by atoms with Gasteiger partial charge in [-0.25, -0.2) is 9.97 Å². The Hall–Kier alpha value is -4.50. The van der Waals surface area contributed by atoms with Crippen molar-refractivity contribution >= 4 is 23.1 Å². The number of para-hydroxylation sites is 1. The number of pyridine rings is 1. The maximum atomic E-state index is 13.1. The topological polar surface area (TPSA) is 129 Å². The van der Waals surface area contributed by atoms with Crippen LogP contribution in [0.25, 0.3) is 11.3 Å². The molecule has 5 N–H and O–H groups in total. The Bertz CT molecular complexity index is 1310. The average Bonchev–Trinajstić information content (AvgIpc) is 2.90. The van der Waals surface area contributed by atoms with Gasteiger partial charge in [0.15, 0.2) is 11.5 Å². The lowest BCUT2D eigenvalue weighted by Gasteiger charge is -2.22. The zero-order valence-electron chi connectivity index (χ0n) is 20.1. The molecule has 2 aromatic heterocycles. The summed E-state index contributed by atoms with van der Waals surface area (Å²) in [6, 6.07) is 18.8. The van der Waals surface area contributed by atoms with E-state index in [2.05, 4.69) is 42.6 Å². The fraction of sp³-hybridized carbons (Fsp3) is 0.185. The standard InChI is InChI=1S/C27H29N7O2/c1-34(15-7-13-29-16-19-8-3-2-4-9-19)23-12-14-30-17-22(23)33-27(36)25-26(28)31-18-21(32-25)20-10-5-6-11-24(20)35/h2-6,8-12,14,17-18,29,35H,7,13,15-16H2,1H3,(H2,28,31)(H,33,36). The number of carbonyl (C=O) groups is 1. The summed E-state index contributed by atoms with van der Waals surface area (Å²) in [6.07, 6.45) is 5.62. The number of rotatable bonds is 10. The van der Waals surface area contributed by atoms with Gasteiger partial charge in [-0.15, -0.1) is 0 Å². The number of aromatic nitrogens is 3. The third kappa shape index (κ3) is 6.13. The van der Waals surface area contributed by atoms with E-state index in [0.29, 0.717) is 16.9 Å². The predicted octanol–water partition coefficient (Wildman–Crippen LogP) is 3.69. The number of nitrogen functional groups attached to an aromatic ring is 1. The average molecular weight is 484 g/mol. The molecule has 0 saturated heterocycles. The molecule has 9 nitrogen and oxygen atoms in total. The van der Waals surface area contributed by atoms with Gasteiger partial charge in [-0.05, 0) is 36.7 Å². The van der Waals surface area contributed by atoms with Crippen LogP contribution in [0, 0.1) is 0 Å². The number of aromatic hydroxyl groups is 1. The molecule has 0 bridgehead atoms. The van der Waals surface area contributed by atoms with Gasteiger partial charge in [-0.3, -0.25) is 9.78 Å². The van der Waals surface area contributed by atoms with E-state index in [-0.39, 0.29) is 17.3 Å². The minimum atomic E-state index is -0.510. The van der Waals surface area contributed by atoms with Gasteiger partial charge >= 0.3 is 0 Å². The number of hydrogen-bond donors (Lipinski definition) is 4. The molecule has 0 unspecified atom stereocenters. The number of phenols is 1. The molecule has 0 spiro atoms. The number of carbonyl (C=O) groups excluding carboxylic acids is 1. The van der Waals surface area contributed by atoms with Crippen molar-refractivity contribution in [1.82, 2.24) is 20.3 Å². The van der Waals surface area contributed by atoms with Gasteiger partial charge in [0.2, 0.25) is 0 Å². The van der Waals surface area contributed by atoms with Crippen LogP contribution in [0.3, 0.4) is 0 Å². The van der Waals surface area contributed by atoms with Gasteiger partial charge in [0.1, 0.15) is 5.75 Å². The molecule has 184 valence electrons. The highest BCUT2D eigenvalue weighted by Crippen LogP contribution is 2.28. The zero-order chi connectivity index (χ0) is 25.3. The van der Waals surface area contributed by atoms with Crippen LogP contribution in [0.2, 0.25) is 0 Å². The molecule has 9 heteroatoms. The molecule has 2 heterocycles. The highest BCUT2D eigenvalue weighted by molar-refractivity contribution is 6.07. The molecule has 0 aliphatic heterocycles. The molecule has 2 aromatic carbocycles. The maximum absolute atomic E-state index is 13.1. The van der Waals surface area contributed by atoms with Crippen molar-refractivity contribution in [3.05, 3.63) is 90.5 Å². The summed E-state index contributed by atoms with van der Waals surface area (Å²) in [5, 5.41) is 16.5. The van der Waals surface area contributed by atoms with Crippen molar-refractivity contribution in [2.45, 2.75) is 13.0 Å². The lowest BCUT2D eigenvalue weighted by molar-refractivity contribution is 0.102. The Balaban J connectivity index is 1.40. The Kier molecular flexibility index (Phi) is 8.05. The monoisotopic (exact) mass is 483 g/mol. The highest BCUT2D eigenvalue weighted by Gasteiger charge is 2.18. The third-order valence-electron chi connectivity index (χ3n) is 5.67.